The van der Waals surface area contributed by atoms with Crippen molar-refractivity contribution in [1.82, 2.24) is 0 Å². The lowest BCUT2D eigenvalue weighted by atomic mass is 10.1. The van der Waals surface area contributed by atoms with E-state index < -0.39 is 9.75 Å². The number of alkyl halides is 1. The van der Waals surface area contributed by atoms with Crippen molar-refractivity contribution in [2.45, 2.75) is 4.83 Å². The van der Waals surface area contributed by atoms with E-state index in [0.717, 1.165) is 0 Å². The molecule has 1 aromatic carbocycles. The van der Waals surface area contributed by atoms with Gasteiger partial charge in [0, 0.05) is 6.07 Å². The summed E-state index contributed by atoms with van der Waals surface area (Å²) in [5.74, 6) is 0. The Morgan fingerprint density at radius 2 is 2.08 bits per heavy atom. The van der Waals surface area contributed by atoms with Crippen LogP contribution in [-0.2, 0) is 4.79 Å². The normalized spacial score (nSPS) is 12.1. The molecular formula is C8H6BrNO3. The van der Waals surface area contributed by atoms with E-state index in [-0.39, 0.29) is 5.69 Å². The standard InChI is InChI=1S/C8H6BrNO3/c9-7(5-11)6-3-1-2-4-8(6)10(12)13/h1-5,7H/t7-/m1/s1. The molecule has 68 valence electrons. The summed E-state index contributed by atoms with van der Waals surface area (Å²) in [5.41, 5.74) is 0.332. The summed E-state index contributed by atoms with van der Waals surface area (Å²) in [4.78, 5) is 19.8. The van der Waals surface area contributed by atoms with Gasteiger partial charge in [-0.15, -0.1) is 0 Å². The molecule has 0 saturated heterocycles. The number of nitro groups is 1. The van der Waals surface area contributed by atoms with Gasteiger partial charge in [-0.25, -0.2) is 0 Å². The Bertz CT molecular complexity index is 340. The van der Waals surface area contributed by atoms with Crippen molar-refractivity contribution in [2.75, 3.05) is 0 Å². The van der Waals surface area contributed by atoms with Crippen molar-refractivity contribution in [3.63, 3.8) is 0 Å². The van der Waals surface area contributed by atoms with Gasteiger partial charge < -0.3 is 4.79 Å². The maximum Gasteiger partial charge on any atom is 0.274 e. The molecule has 0 unspecified atom stereocenters. The average molecular weight is 244 g/mol. The maximum atomic E-state index is 10.5. The van der Waals surface area contributed by atoms with Crippen molar-refractivity contribution >= 4 is 27.9 Å². The van der Waals surface area contributed by atoms with E-state index in [9.17, 15) is 14.9 Å². The average Bonchev–Trinajstić information content (AvgIpc) is 2.16. The number of hydrogen-bond acceptors (Lipinski definition) is 3. The van der Waals surface area contributed by atoms with E-state index in [1.54, 1.807) is 18.2 Å². The van der Waals surface area contributed by atoms with Gasteiger partial charge in [-0.2, -0.15) is 0 Å². The molecule has 0 spiro atoms. The van der Waals surface area contributed by atoms with Crippen LogP contribution in [0.3, 0.4) is 0 Å². The second-order valence-corrected chi connectivity index (χ2v) is 3.34. The summed E-state index contributed by atoms with van der Waals surface area (Å²) in [6.45, 7) is 0. The number of hydrogen-bond donors (Lipinski definition) is 0. The van der Waals surface area contributed by atoms with Crippen LogP contribution in [0.2, 0.25) is 0 Å². The number of para-hydroxylation sites is 1. The zero-order chi connectivity index (χ0) is 9.84. The number of carbonyl (C=O) groups is 1. The Morgan fingerprint density at radius 3 is 2.62 bits per heavy atom. The topological polar surface area (TPSA) is 60.2 Å². The predicted octanol–water partition coefficient (Wildman–Crippen LogP) is 2.23. The molecule has 0 aliphatic heterocycles. The number of nitrogens with zero attached hydrogens (tertiary/aromatic N) is 1. The first-order valence-corrected chi connectivity index (χ1v) is 4.41. The molecule has 4 nitrogen and oxygen atoms in total. The summed E-state index contributed by atoms with van der Waals surface area (Å²) >= 11 is 3.03. The molecular weight excluding hydrogens is 238 g/mol. The van der Waals surface area contributed by atoms with Crippen LogP contribution in [0, 0.1) is 10.1 Å². The second-order valence-electron chi connectivity index (χ2n) is 2.35. The zero-order valence-corrected chi connectivity index (χ0v) is 8.10. The van der Waals surface area contributed by atoms with Crippen LogP contribution in [0.15, 0.2) is 24.3 Å². The first-order chi connectivity index (χ1) is 6.16. The number of aldehydes is 1. The van der Waals surface area contributed by atoms with E-state index >= 15 is 0 Å². The molecule has 5 heteroatoms. The summed E-state index contributed by atoms with van der Waals surface area (Å²) in [5, 5.41) is 10.5. The first-order valence-electron chi connectivity index (χ1n) is 3.49. The monoisotopic (exact) mass is 243 g/mol. The third-order valence-corrected chi connectivity index (χ3v) is 2.26. The first kappa shape index (κ1) is 9.85. The van der Waals surface area contributed by atoms with E-state index in [2.05, 4.69) is 15.9 Å². The molecule has 1 aromatic rings. The Kier molecular flexibility index (Phi) is 3.13. The quantitative estimate of drug-likeness (QED) is 0.354. The Labute approximate surface area is 82.8 Å². The second kappa shape index (κ2) is 4.13. The fourth-order valence-electron chi connectivity index (χ4n) is 0.960. The molecule has 0 aromatic heterocycles. The van der Waals surface area contributed by atoms with Crippen molar-refractivity contribution < 1.29 is 9.72 Å². The highest BCUT2D eigenvalue weighted by atomic mass is 79.9. The molecule has 13 heavy (non-hydrogen) atoms. The van der Waals surface area contributed by atoms with Crippen molar-refractivity contribution in [2.24, 2.45) is 0 Å². The Morgan fingerprint density at radius 1 is 1.46 bits per heavy atom. The van der Waals surface area contributed by atoms with Crippen LogP contribution in [0.4, 0.5) is 5.69 Å². The SMILES string of the molecule is O=C[C@@H](Br)c1ccccc1[N+](=O)[O-]. The number of halogens is 1. The highest BCUT2D eigenvalue weighted by Gasteiger charge is 2.18. The maximum absolute atomic E-state index is 10.5. The summed E-state index contributed by atoms with van der Waals surface area (Å²) in [6, 6.07) is 6.13. The molecule has 0 aliphatic rings. The lowest BCUT2D eigenvalue weighted by Crippen LogP contribution is -1.97. The Hall–Kier alpha value is -1.23. The van der Waals surface area contributed by atoms with Crippen molar-refractivity contribution in [1.29, 1.82) is 0 Å². The van der Waals surface area contributed by atoms with Crippen LogP contribution < -0.4 is 0 Å². The van der Waals surface area contributed by atoms with Crippen LogP contribution in [0.5, 0.6) is 0 Å². The van der Waals surface area contributed by atoms with Crippen LogP contribution >= 0.6 is 15.9 Å². The molecule has 0 bridgehead atoms. The lowest BCUT2D eigenvalue weighted by Gasteiger charge is -2.02. The highest BCUT2D eigenvalue weighted by molar-refractivity contribution is 9.09. The van der Waals surface area contributed by atoms with Gasteiger partial charge in [0.1, 0.15) is 11.1 Å². The van der Waals surface area contributed by atoms with E-state index in [1.807, 2.05) is 0 Å². The largest absolute Gasteiger partial charge is 0.302 e. The molecule has 1 rings (SSSR count). The van der Waals surface area contributed by atoms with Crippen LogP contribution in [-0.4, -0.2) is 11.2 Å². The molecule has 0 heterocycles. The van der Waals surface area contributed by atoms with Gasteiger partial charge >= 0.3 is 0 Å². The number of carbonyl (C=O) groups excluding carboxylic acids is 1. The lowest BCUT2D eigenvalue weighted by molar-refractivity contribution is -0.385. The fourth-order valence-corrected chi connectivity index (χ4v) is 1.35. The number of rotatable bonds is 3. The molecule has 0 aliphatic carbocycles. The van der Waals surface area contributed by atoms with Gasteiger partial charge in [-0.05, 0) is 0 Å². The molecule has 1 atom stereocenters. The fraction of sp³-hybridized carbons (Fsp3) is 0.125. The Balaban J connectivity index is 3.19. The summed E-state index contributed by atoms with van der Waals surface area (Å²) in [6.07, 6.45) is 0.613. The predicted molar refractivity (Wildman–Crippen MR) is 50.8 cm³/mol. The smallest absolute Gasteiger partial charge is 0.274 e. The molecule has 0 radical (unpaired) electrons. The third kappa shape index (κ3) is 2.12. The van der Waals surface area contributed by atoms with Gasteiger partial charge in [-0.1, -0.05) is 34.1 Å². The van der Waals surface area contributed by atoms with Gasteiger partial charge in [0.25, 0.3) is 5.69 Å². The van der Waals surface area contributed by atoms with E-state index in [1.165, 1.54) is 6.07 Å². The van der Waals surface area contributed by atoms with Gasteiger partial charge in [0.05, 0.1) is 10.5 Å². The van der Waals surface area contributed by atoms with Crippen LogP contribution in [0.1, 0.15) is 10.4 Å². The number of benzene rings is 1. The van der Waals surface area contributed by atoms with Crippen molar-refractivity contribution in [3.05, 3.63) is 39.9 Å². The zero-order valence-electron chi connectivity index (χ0n) is 6.51. The summed E-state index contributed by atoms with van der Waals surface area (Å²) < 4.78 is 0. The third-order valence-electron chi connectivity index (χ3n) is 1.55. The van der Waals surface area contributed by atoms with Gasteiger partial charge in [0.15, 0.2) is 0 Å². The number of nitro benzene ring substituents is 1. The minimum Gasteiger partial charge on any atom is -0.302 e. The molecule has 0 amide bonds. The van der Waals surface area contributed by atoms with Gasteiger partial charge in [0.2, 0.25) is 0 Å². The van der Waals surface area contributed by atoms with Gasteiger partial charge in [-0.3, -0.25) is 10.1 Å². The molecule has 0 saturated carbocycles. The minimum atomic E-state index is -0.617. The van der Waals surface area contributed by atoms with Crippen LogP contribution in [0.25, 0.3) is 0 Å². The molecule has 0 N–H and O–H groups in total. The van der Waals surface area contributed by atoms with E-state index in [4.69, 9.17) is 0 Å². The van der Waals surface area contributed by atoms with Crippen molar-refractivity contribution in [3.8, 4) is 0 Å². The molecule has 0 fully saturated rings. The summed E-state index contributed by atoms with van der Waals surface area (Å²) in [7, 11) is 0. The van der Waals surface area contributed by atoms with E-state index in [0.29, 0.717) is 11.8 Å². The highest BCUT2D eigenvalue weighted by Crippen LogP contribution is 2.28. The minimum absolute atomic E-state index is 0.0449.